The lowest BCUT2D eigenvalue weighted by Crippen LogP contribution is -2.29. The lowest BCUT2D eigenvalue weighted by atomic mass is 10.1. The number of anilines is 1. The molecule has 0 aromatic heterocycles. The monoisotopic (exact) mass is 375 g/mol. The first kappa shape index (κ1) is 15.4. The van der Waals surface area contributed by atoms with E-state index in [0.717, 1.165) is 4.90 Å². The minimum absolute atomic E-state index is 0.00233. The number of amides is 2. The minimum atomic E-state index is -0.656. The Balaban J connectivity index is 2.23. The Morgan fingerprint density at radius 3 is 1.55 bits per heavy atom. The van der Waals surface area contributed by atoms with Gasteiger partial charge in [-0.05, 0) is 24.3 Å². The van der Waals surface area contributed by atoms with Crippen molar-refractivity contribution in [1.29, 1.82) is 0 Å². The van der Waals surface area contributed by atoms with Gasteiger partial charge < -0.3 is 5.11 Å². The second kappa shape index (κ2) is 5.32. The first-order valence-electron chi connectivity index (χ1n) is 5.88. The average Bonchev–Trinajstić information content (AvgIpc) is 2.75. The van der Waals surface area contributed by atoms with Crippen molar-refractivity contribution < 1.29 is 14.7 Å². The van der Waals surface area contributed by atoms with Crippen molar-refractivity contribution >= 4 is 63.9 Å². The normalized spacial score (nSPS) is 13.7. The van der Waals surface area contributed by atoms with Gasteiger partial charge in [0.25, 0.3) is 11.8 Å². The number of fused-ring (bicyclic) bond motifs is 1. The number of phenolic OH excluding ortho intramolecular Hbond substituents is 1. The summed E-state index contributed by atoms with van der Waals surface area (Å²) in [5.41, 5.74) is 0.0988. The van der Waals surface area contributed by atoms with Crippen LogP contribution < -0.4 is 4.90 Å². The Hall–Kier alpha value is -1.46. The summed E-state index contributed by atoms with van der Waals surface area (Å²) in [6, 6.07) is 5.54. The van der Waals surface area contributed by atoms with Gasteiger partial charge in [-0.25, -0.2) is 4.90 Å². The fraction of sp³-hybridized carbons (Fsp3) is 0. The summed E-state index contributed by atoms with van der Waals surface area (Å²) in [5.74, 6) is -1.31. The van der Waals surface area contributed by atoms with Gasteiger partial charge in [-0.2, -0.15) is 0 Å². The highest BCUT2D eigenvalue weighted by atomic mass is 35.5. The van der Waals surface area contributed by atoms with Crippen LogP contribution in [0.4, 0.5) is 5.69 Å². The molecule has 1 heterocycles. The molecule has 4 nitrogen and oxygen atoms in total. The van der Waals surface area contributed by atoms with E-state index in [2.05, 4.69) is 0 Å². The van der Waals surface area contributed by atoms with Crippen LogP contribution in [0.3, 0.4) is 0 Å². The molecule has 0 aliphatic carbocycles. The van der Waals surface area contributed by atoms with Crippen molar-refractivity contribution in [3.05, 3.63) is 55.5 Å². The number of carbonyl (C=O) groups is 2. The van der Waals surface area contributed by atoms with E-state index < -0.39 is 11.8 Å². The lowest BCUT2D eigenvalue weighted by molar-refractivity contribution is 0.0926. The number of halogens is 4. The Morgan fingerprint density at radius 1 is 0.727 bits per heavy atom. The number of rotatable bonds is 1. The number of nitrogens with zero attached hydrogens (tertiary/aromatic N) is 1. The van der Waals surface area contributed by atoms with E-state index in [9.17, 15) is 14.7 Å². The third-order valence-corrected chi connectivity index (χ3v) is 5.01. The zero-order valence-corrected chi connectivity index (χ0v) is 13.6. The average molecular weight is 377 g/mol. The molecule has 0 saturated heterocycles. The van der Waals surface area contributed by atoms with Crippen LogP contribution in [0.5, 0.6) is 5.75 Å². The molecule has 2 amide bonds. The molecule has 0 saturated carbocycles. The molecule has 0 atom stereocenters. The smallest absolute Gasteiger partial charge is 0.267 e. The molecule has 2 aromatic carbocycles. The molecule has 0 radical (unpaired) electrons. The molecule has 112 valence electrons. The predicted molar refractivity (Wildman–Crippen MR) is 85.7 cm³/mol. The molecule has 22 heavy (non-hydrogen) atoms. The number of benzene rings is 2. The maximum Gasteiger partial charge on any atom is 0.267 e. The van der Waals surface area contributed by atoms with E-state index >= 15 is 0 Å². The number of hydrogen-bond donors (Lipinski definition) is 1. The third-order valence-electron chi connectivity index (χ3n) is 3.21. The molecule has 0 fully saturated rings. The molecule has 1 aliphatic heterocycles. The largest absolute Gasteiger partial charge is 0.508 e. The zero-order valence-electron chi connectivity index (χ0n) is 10.5. The van der Waals surface area contributed by atoms with Gasteiger partial charge in [0.05, 0.1) is 36.9 Å². The summed E-state index contributed by atoms with van der Waals surface area (Å²) in [6.45, 7) is 0. The summed E-state index contributed by atoms with van der Waals surface area (Å²) in [4.78, 5) is 26.0. The molecule has 2 aromatic rings. The summed E-state index contributed by atoms with van der Waals surface area (Å²) < 4.78 is 0. The van der Waals surface area contributed by atoms with E-state index in [0.29, 0.717) is 0 Å². The molecule has 3 rings (SSSR count). The van der Waals surface area contributed by atoms with E-state index in [1.165, 1.54) is 24.3 Å². The van der Waals surface area contributed by atoms with Crippen LogP contribution in [0.15, 0.2) is 24.3 Å². The van der Waals surface area contributed by atoms with Gasteiger partial charge in [0.1, 0.15) is 5.75 Å². The van der Waals surface area contributed by atoms with Crippen molar-refractivity contribution in [2.75, 3.05) is 4.90 Å². The van der Waals surface area contributed by atoms with Gasteiger partial charge in [0.2, 0.25) is 0 Å². The van der Waals surface area contributed by atoms with Gasteiger partial charge >= 0.3 is 0 Å². The molecule has 0 spiro atoms. The van der Waals surface area contributed by atoms with Gasteiger partial charge in [-0.1, -0.05) is 46.4 Å². The number of phenols is 1. The highest BCUT2D eigenvalue weighted by molar-refractivity contribution is 6.56. The summed E-state index contributed by atoms with van der Waals surface area (Å²) in [6.07, 6.45) is 0. The van der Waals surface area contributed by atoms with Gasteiger partial charge in [-0.15, -0.1) is 0 Å². The van der Waals surface area contributed by atoms with Crippen molar-refractivity contribution in [2.45, 2.75) is 0 Å². The van der Waals surface area contributed by atoms with Crippen LogP contribution in [0.25, 0.3) is 0 Å². The number of imide groups is 1. The number of aromatic hydroxyl groups is 1. The SMILES string of the molecule is O=C1c2c(Cl)c(Cl)c(Cl)c(Cl)c2C(=O)N1c1ccc(O)cc1. The van der Waals surface area contributed by atoms with E-state index in [1.54, 1.807) is 0 Å². The molecule has 8 heteroatoms. The fourth-order valence-electron chi connectivity index (χ4n) is 2.19. The Bertz CT molecular complexity index is 786. The standard InChI is InChI=1S/C14H5Cl4NO3/c15-9-7-8(10(16)12(18)11(9)17)14(22)19(13(7)21)5-1-3-6(20)4-2-5/h1-4,20H. The van der Waals surface area contributed by atoms with Crippen molar-refractivity contribution in [2.24, 2.45) is 0 Å². The Morgan fingerprint density at radius 2 is 1.14 bits per heavy atom. The fourth-order valence-corrected chi connectivity index (χ4v) is 3.20. The lowest BCUT2D eigenvalue weighted by Gasteiger charge is -2.13. The minimum Gasteiger partial charge on any atom is -0.508 e. The number of carbonyl (C=O) groups excluding carboxylic acids is 2. The van der Waals surface area contributed by atoms with Crippen molar-refractivity contribution in [3.63, 3.8) is 0 Å². The maximum atomic E-state index is 12.5. The van der Waals surface area contributed by atoms with Crippen LogP contribution in [0.1, 0.15) is 20.7 Å². The molecule has 1 aliphatic rings. The second-order valence-electron chi connectivity index (χ2n) is 4.47. The van der Waals surface area contributed by atoms with Crippen molar-refractivity contribution in [3.8, 4) is 5.75 Å². The van der Waals surface area contributed by atoms with E-state index in [-0.39, 0.29) is 42.7 Å². The van der Waals surface area contributed by atoms with E-state index in [1.807, 2.05) is 0 Å². The summed E-state index contributed by atoms with van der Waals surface area (Å²) in [7, 11) is 0. The molecular weight excluding hydrogens is 372 g/mol. The Labute approximate surface area is 144 Å². The van der Waals surface area contributed by atoms with Crippen LogP contribution in [-0.4, -0.2) is 16.9 Å². The van der Waals surface area contributed by atoms with Crippen LogP contribution in [0.2, 0.25) is 20.1 Å². The van der Waals surface area contributed by atoms with Crippen LogP contribution in [0, 0.1) is 0 Å². The topological polar surface area (TPSA) is 57.6 Å². The highest BCUT2D eigenvalue weighted by Gasteiger charge is 2.42. The quantitative estimate of drug-likeness (QED) is 0.441. The van der Waals surface area contributed by atoms with Crippen LogP contribution in [-0.2, 0) is 0 Å². The molecule has 0 bridgehead atoms. The highest BCUT2D eigenvalue weighted by Crippen LogP contribution is 2.45. The Kier molecular flexibility index (Phi) is 3.73. The first-order chi connectivity index (χ1) is 10.3. The van der Waals surface area contributed by atoms with Gasteiger partial charge in [-0.3, -0.25) is 9.59 Å². The third kappa shape index (κ3) is 2.07. The van der Waals surface area contributed by atoms with Gasteiger partial charge in [0, 0.05) is 0 Å². The first-order valence-corrected chi connectivity index (χ1v) is 7.39. The zero-order chi connectivity index (χ0) is 16.2. The molecule has 1 N–H and O–H groups in total. The number of hydrogen-bond acceptors (Lipinski definition) is 3. The maximum absolute atomic E-state index is 12.5. The van der Waals surface area contributed by atoms with Gasteiger partial charge in [0.15, 0.2) is 0 Å². The van der Waals surface area contributed by atoms with E-state index in [4.69, 9.17) is 46.4 Å². The van der Waals surface area contributed by atoms with Crippen LogP contribution >= 0.6 is 46.4 Å². The predicted octanol–water partition coefficient (Wildman–Crippen LogP) is 4.81. The molecular formula is C14H5Cl4NO3. The molecule has 0 unspecified atom stereocenters. The summed E-state index contributed by atoms with van der Waals surface area (Å²) in [5, 5.41) is 8.90. The van der Waals surface area contributed by atoms with Crippen molar-refractivity contribution in [1.82, 2.24) is 0 Å². The summed E-state index contributed by atoms with van der Waals surface area (Å²) >= 11 is 23.9. The second-order valence-corrected chi connectivity index (χ2v) is 5.98.